The van der Waals surface area contributed by atoms with Gasteiger partial charge in [-0.05, 0) is 30.7 Å². The van der Waals surface area contributed by atoms with Crippen LogP contribution in [0.5, 0.6) is 0 Å². The molecule has 2 aromatic heterocycles. The van der Waals surface area contributed by atoms with E-state index in [1.165, 1.54) is 5.56 Å². The van der Waals surface area contributed by atoms with Crippen LogP contribution in [0.1, 0.15) is 21.6 Å². The molecule has 106 valence electrons. The van der Waals surface area contributed by atoms with Crippen molar-refractivity contribution in [2.45, 2.75) is 20.4 Å². The number of halogens is 1. The summed E-state index contributed by atoms with van der Waals surface area (Å²) >= 11 is 3.39. The molecule has 0 saturated heterocycles. The normalized spacial score (nSPS) is 11.0. The van der Waals surface area contributed by atoms with Gasteiger partial charge in [0.25, 0.3) is 5.65 Å². The highest BCUT2D eigenvalue weighted by Crippen LogP contribution is 2.13. The van der Waals surface area contributed by atoms with E-state index < -0.39 is 0 Å². The molecule has 21 heavy (non-hydrogen) atoms. The van der Waals surface area contributed by atoms with Crippen LogP contribution in [0.3, 0.4) is 0 Å². The second-order valence-corrected chi connectivity index (χ2v) is 6.17. The van der Waals surface area contributed by atoms with Gasteiger partial charge in [0.15, 0.2) is 6.54 Å². The zero-order chi connectivity index (χ0) is 15.0. The van der Waals surface area contributed by atoms with Gasteiger partial charge in [-0.25, -0.2) is 8.97 Å². The number of aromatic nitrogens is 2. The lowest BCUT2D eigenvalue weighted by Gasteiger charge is -2.01. The van der Waals surface area contributed by atoms with Crippen molar-refractivity contribution in [3.8, 4) is 0 Å². The summed E-state index contributed by atoms with van der Waals surface area (Å²) in [5.41, 5.74) is 4.04. The lowest BCUT2D eigenvalue weighted by Crippen LogP contribution is -2.20. The van der Waals surface area contributed by atoms with E-state index in [4.69, 9.17) is 0 Å². The number of aryl methyl sites for hydroxylation is 2. The number of carbonyl (C=O) groups excluding carboxylic acids is 1. The zero-order valence-corrected chi connectivity index (χ0v) is 13.6. The Hall–Kier alpha value is -1.94. The van der Waals surface area contributed by atoms with Gasteiger partial charge in [0.1, 0.15) is 11.9 Å². The molecule has 4 heteroatoms. The lowest BCUT2D eigenvalue weighted by atomic mass is 10.1. The fourth-order valence-electron chi connectivity index (χ4n) is 2.48. The van der Waals surface area contributed by atoms with E-state index in [9.17, 15) is 4.79 Å². The van der Waals surface area contributed by atoms with Crippen LogP contribution in [0, 0.1) is 13.8 Å². The van der Waals surface area contributed by atoms with Gasteiger partial charge in [-0.2, -0.15) is 0 Å². The van der Waals surface area contributed by atoms with Crippen molar-refractivity contribution in [1.82, 2.24) is 4.57 Å². The Balaban J connectivity index is 1.96. The lowest BCUT2D eigenvalue weighted by molar-refractivity contribution is -0.511. The average molecular weight is 344 g/mol. The molecule has 0 fully saturated rings. The van der Waals surface area contributed by atoms with Gasteiger partial charge in [-0.1, -0.05) is 28.1 Å². The molecule has 1 aromatic carbocycles. The second-order valence-electron chi connectivity index (χ2n) is 5.26. The van der Waals surface area contributed by atoms with Crippen molar-refractivity contribution in [2.24, 2.45) is 0 Å². The molecule has 0 aliphatic rings. The summed E-state index contributed by atoms with van der Waals surface area (Å²) in [6.45, 7) is 4.44. The van der Waals surface area contributed by atoms with E-state index in [0.29, 0.717) is 6.54 Å². The molecule has 0 amide bonds. The van der Waals surface area contributed by atoms with Crippen LogP contribution in [0.4, 0.5) is 0 Å². The maximum Gasteiger partial charge on any atom is 0.286 e. The number of nitrogens with zero attached hydrogens (tertiary/aromatic N) is 2. The Kier molecular flexibility index (Phi) is 3.64. The van der Waals surface area contributed by atoms with Crippen molar-refractivity contribution < 1.29 is 9.20 Å². The number of rotatable bonds is 3. The fraction of sp³-hybridized carbons (Fsp3) is 0.176. The molecule has 0 aliphatic heterocycles. The summed E-state index contributed by atoms with van der Waals surface area (Å²) in [4.78, 5) is 12.4. The number of hydrogen-bond donors (Lipinski definition) is 0. The van der Waals surface area contributed by atoms with Gasteiger partial charge in [0.2, 0.25) is 5.78 Å². The van der Waals surface area contributed by atoms with Crippen LogP contribution in [0.15, 0.2) is 53.3 Å². The SMILES string of the molecule is Cc1ccc2n(CC(=O)c3ccc(Br)cc3)c(C)c[n+]2c1. The number of imidazole rings is 1. The molecule has 0 bridgehead atoms. The first-order valence-corrected chi connectivity index (χ1v) is 7.60. The van der Waals surface area contributed by atoms with Crippen LogP contribution in [0.2, 0.25) is 0 Å². The summed E-state index contributed by atoms with van der Waals surface area (Å²) in [7, 11) is 0. The Morgan fingerprint density at radius 1 is 1.10 bits per heavy atom. The zero-order valence-electron chi connectivity index (χ0n) is 12.0. The summed E-state index contributed by atoms with van der Waals surface area (Å²) < 4.78 is 5.09. The van der Waals surface area contributed by atoms with Gasteiger partial charge in [-0.15, -0.1) is 0 Å². The van der Waals surface area contributed by atoms with E-state index in [1.54, 1.807) is 0 Å². The minimum atomic E-state index is 0.115. The van der Waals surface area contributed by atoms with Gasteiger partial charge in [0.05, 0.1) is 6.20 Å². The first-order valence-electron chi connectivity index (χ1n) is 6.81. The van der Waals surface area contributed by atoms with Crippen LogP contribution in [0.25, 0.3) is 5.65 Å². The number of fused-ring (bicyclic) bond motifs is 1. The predicted molar refractivity (Wildman–Crippen MR) is 85.5 cm³/mol. The van der Waals surface area contributed by atoms with Crippen molar-refractivity contribution >= 4 is 27.4 Å². The Labute approximate surface area is 132 Å². The third-order valence-corrected chi connectivity index (χ3v) is 4.13. The van der Waals surface area contributed by atoms with Gasteiger partial charge >= 0.3 is 0 Å². The molecule has 0 spiro atoms. The Morgan fingerprint density at radius 2 is 1.81 bits per heavy atom. The van der Waals surface area contributed by atoms with Crippen molar-refractivity contribution in [1.29, 1.82) is 0 Å². The maximum atomic E-state index is 12.4. The molecule has 3 aromatic rings. The Bertz CT molecular complexity index is 819. The van der Waals surface area contributed by atoms with Crippen LogP contribution in [-0.4, -0.2) is 10.4 Å². The largest absolute Gasteiger partial charge is 0.290 e. The second kappa shape index (κ2) is 5.45. The highest BCUT2D eigenvalue weighted by Gasteiger charge is 2.18. The van der Waals surface area contributed by atoms with E-state index in [2.05, 4.69) is 51.8 Å². The van der Waals surface area contributed by atoms with Crippen molar-refractivity contribution in [2.75, 3.05) is 0 Å². The number of carbonyl (C=O) groups is 1. The monoisotopic (exact) mass is 343 g/mol. The summed E-state index contributed by atoms with van der Waals surface area (Å²) in [6.07, 6.45) is 4.13. The van der Waals surface area contributed by atoms with Crippen LogP contribution < -0.4 is 4.40 Å². The van der Waals surface area contributed by atoms with Gasteiger partial charge in [0, 0.05) is 23.0 Å². The van der Waals surface area contributed by atoms with E-state index in [-0.39, 0.29) is 5.78 Å². The van der Waals surface area contributed by atoms with Gasteiger partial charge in [-0.3, -0.25) is 4.79 Å². The molecular formula is C17H16BrN2O+. The molecule has 0 unspecified atom stereocenters. The minimum absolute atomic E-state index is 0.115. The highest BCUT2D eigenvalue weighted by atomic mass is 79.9. The van der Waals surface area contributed by atoms with E-state index >= 15 is 0 Å². The third-order valence-electron chi connectivity index (χ3n) is 3.60. The van der Waals surface area contributed by atoms with Crippen LogP contribution in [-0.2, 0) is 6.54 Å². The smallest absolute Gasteiger partial charge is 0.286 e. The number of ketones is 1. The number of hydrogen-bond acceptors (Lipinski definition) is 1. The van der Waals surface area contributed by atoms with Gasteiger partial charge < -0.3 is 0 Å². The molecule has 3 rings (SSSR count). The predicted octanol–water partition coefficient (Wildman–Crippen LogP) is 3.49. The Morgan fingerprint density at radius 3 is 2.52 bits per heavy atom. The molecule has 0 atom stereocenters. The molecule has 0 saturated carbocycles. The maximum absolute atomic E-state index is 12.4. The third kappa shape index (κ3) is 2.76. The number of pyridine rings is 1. The summed E-state index contributed by atoms with van der Waals surface area (Å²) in [6, 6.07) is 11.6. The highest BCUT2D eigenvalue weighted by molar-refractivity contribution is 9.10. The molecule has 3 nitrogen and oxygen atoms in total. The standard InChI is InChI=1S/C17H16BrN2O/c1-12-3-8-17-19(9-12)10-13(2)20(17)11-16(21)14-4-6-15(18)7-5-14/h3-10H,11H2,1-2H3/q+1. The van der Waals surface area contributed by atoms with Crippen LogP contribution >= 0.6 is 15.9 Å². The molecule has 2 heterocycles. The average Bonchev–Trinajstić information content (AvgIpc) is 2.75. The summed E-state index contributed by atoms with van der Waals surface area (Å²) in [5.74, 6) is 0.115. The minimum Gasteiger partial charge on any atom is -0.290 e. The van der Waals surface area contributed by atoms with E-state index in [0.717, 1.165) is 21.4 Å². The molecular weight excluding hydrogens is 328 g/mol. The van der Waals surface area contributed by atoms with Crippen molar-refractivity contribution in [3.63, 3.8) is 0 Å². The first kappa shape index (κ1) is 14.0. The molecule has 0 radical (unpaired) electrons. The summed E-state index contributed by atoms with van der Waals surface area (Å²) in [5, 5.41) is 0. The topological polar surface area (TPSA) is 26.1 Å². The quantitative estimate of drug-likeness (QED) is 0.528. The van der Waals surface area contributed by atoms with Crippen molar-refractivity contribution in [3.05, 3.63) is 70.1 Å². The van der Waals surface area contributed by atoms with E-state index in [1.807, 2.05) is 35.8 Å². The number of Topliss-reactive ketones (excluding diaryl/α,β-unsaturated/α-hetero) is 1. The first-order chi connectivity index (χ1) is 10.0. The number of benzene rings is 1. The fourth-order valence-corrected chi connectivity index (χ4v) is 2.75. The molecule has 0 N–H and O–H groups in total. The molecule has 0 aliphatic carbocycles.